The summed E-state index contributed by atoms with van der Waals surface area (Å²) < 4.78 is 32.7. The minimum absolute atomic E-state index is 0.117. The summed E-state index contributed by atoms with van der Waals surface area (Å²) in [4.78, 5) is 12.0. The molecule has 3 rings (SSSR count). The van der Waals surface area contributed by atoms with Crippen LogP contribution in [0.5, 0.6) is 5.75 Å². The van der Waals surface area contributed by atoms with Gasteiger partial charge in [0.15, 0.2) is 0 Å². The number of carbonyl (C=O) groups is 1. The summed E-state index contributed by atoms with van der Waals surface area (Å²) in [7, 11) is -3.88. The predicted octanol–water partition coefficient (Wildman–Crippen LogP) is 2.95. The molecule has 27 heavy (non-hydrogen) atoms. The Balaban J connectivity index is 2.13. The van der Waals surface area contributed by atoms with E-state index in [-0.39, 0.29) is 10.6 Å². The number of nitrogens with two attached hydrogens (primary N) is 1. The molecule has 3 aromatic rings. The third kappa shape index (κ3) is 3.94. The highest BCUT2D eigenvalue weighted by Gasteiger charge is 2.23. The number of rotatable bonds is 5. The van der Waals surface area contributed by atoms with Crippen LogP contribution in [0.2, 0.25) is 0 Å². The first-order valence-electron chi connectivity index (χ1n) is 8.36. The molecule has 0 unspecified atom stereocenters. The molecule has 2 aromatic carbocycles. The van der Waals surface area contributed by atoms with Gasteiger partial charge in [-0.05, 0) is 31.5 Å². The van der Waals surface area contributed by atoms with Gasteiger partial charge in [0.2, 0.25) is 0 Å². The number of aromatic nitrogens is 1. The number of esters is 1. The first-order valence-corrected chi connectivity index (χ1v) is 9.80. The molecule has 0 fully saturated rings. The van der Waals surface area contributed by atoms with Crippen LogP contribution in [-0.2, 0) is 14.8 Å². The molecule has 2 N–H and O–H groups in total. The minimum Gasteiger partial charge on any atom is -0.424 e. The van der Waals surface area contributed by atoms with Crippen LogP contribution in [-0.4, -0.2) is 24.4 Å². The summed E-state index contributed by atoms with van der Waals surface area (Å²) in [6.07, 6.45) is 1.29. The van der Waals surface area contributed by atoms with E-state index in [9.17, 15) is 13.2 Å². The molecule has 0 aliphatic heterocycles. The second-order valence-electron chi connectivity index (χ2n) is 6.25. The number of benzene rings is 2. The average molecular weight is 384 g/mol. The molecule has 0 radical (unpaired) electrons. The van der Waals surface area contributed by atoms with E-state index in [1.54, 1.807) is 48.5 Å². The van der Waals surface area contributed by atoms with Crippen molar-refractivity contribution in [1.82, 2.24) is 3.97 Å². The monoisotopic (exact) mass is 384 g/mol. The van der Waals surface area contributed by atoms with E-state index in [0.29, 0.717) is 11.3 Å². The Morgan fingerprint density at radius 3 is 2.30 bits per heavy atom. The fourth-order valence-electron chi connectivity index (χ4n) is 2.53. The standard InChI is InChI=1S/C20H20N2O4S/c1-14-8-10-18(11-9-14)27(24,25)22-13-17(26-20(23)15(2)21)12-19(22)16-6-4-3-5-7-16/h3-13,15H,21H2,1-2H3/t15-/m0/s1. The lowest BCUT2D eigenvalue weighted by molar-refractivity contribution is -0.135. The third-order valence-corrected chi connectivity index (χ3v) is 5.69. The van der Waals surface area contributed by atoms with E-state index in [1.165, 1.54) is 19.2 Å². The Kier molecular flexibility index (Phi) is 5.16. The lowest BCUT2D eigenvalue weighted by atomic mass is 10.2. The minimum atomic E-state index is -3.88. The molecular weight excluding hydrogens is 364 g/mol. The molecule has 1 heterocycles. The summed E-state index contributed by atoms with van der Waals surface area (Å²) in [5, 5.41) is 0. The van der Waals surface area contributed by atoms with Gasteiger partial charge >= 0.3 is 5.97 Å². The number of hydrogen-bond donors (Lipinski definition) is 1. The van der Waals surface area contributed by atoms with Gasteiger partial charge in [0.25, 0.3) is 10.0 Å². The molecule has 7 heteroatoms. The molecule has 0 aliphatic carbocycles. The molecular formula is C20H20N2O4S. The van der Waals surface area contributed by atoms with Crippen LogP contribution in [0.1, 0.15) is 12.5 Å². The maximum atomic E-state index is 13.2. The van der Waals surface area contributed by atoms with Crippen LogP contribution in [0, 0.1) is 6.92 Å². The van der Waals surface area contributed by atoms with Crippen LogP contribution in [0.3, 0.4) is 0 Å². The lowest BCUT2D eigenvalue weighted by Gasteiger charge is -2.10. The van der Waals surface area contributed by atoms with Gasteiger partial charge in [0, 0.05) is 6.07 Å². The van der Waals surface area contributed by atoms with Crippen molar-refractivity contribution in [2.45, 2.75) is 24.8 Å². The quantitative estimate of drug-likeness (QED) is 0.683. The zero-order valence-corrected chi connectivity index (χ0v) is 15.8. The van der Waals surface area contributed by atoms with Crippen molar-refractivity contribution in [3.8, 4) is 17.0 Å². The zero-order valence-electron chi connectivity index (χ0n) is 15.0. The molecule has 140 valence electrons. The predicted molar refractivity (Wildman–Crippen MR) is 103 cm³/mol. The zero-order chi connectivity index (χ0) is 19.6. The SMILES string of the molecule is Cc1ccc(S(=O)(=O)n2cc(OC(=O)[C@H](C)N)cc2-c2ccccc2)cc1. The van der Waals surface area contributed by atoms with Gasteiger partial charge in [-0.2, -0.15) is 0 Å². The van der Waals surface area contributed by atoms with E-state index < -0.39 is 22.0 Å². The van der Waals surface area contributed by atoms with Crippen LogP contribution in [0.25, 0.3) is 11.3 Å². The summed E-state index contributed by atoms with van der Waals surface area (Å²) in [5.41, 5.74) is 7.56. The Bertz CT molecular complexity index is 1050. The van der Waals surface area contributed by atoms with Crippen molar-refractivity contribution < 1.29 is 17.9 Å². The maximum absolute atomic E-state index is 13.2. The molecule has 1 atom stereocenters. The average Bonchev–Trinajstić information content (AvgIpc) is 3.07. The normalized spacial score (nSPS) is 12.6. The van der Waals surface area contributed by atoms with Gasteiger partial charge in [-0.15, -0.1) is 0 Å². The molecule has 6 nitrogen and oxygen atoms in total. The Hall–Kier alpha value is -2.90. The van der Waals surface area contributed by atoms with Crippen molar-refractivity contribution in [3.63, 3.8) is 0 Å². The second-order valence-corrected chi connectivity index (χ2v) is 8.07. The molecule has 0 saturated carbocycles. The van der Waals surface area contributed by atoms with E-state index in [0.717, 1.165) is 9.54 Å². The first-order chi connectivity index (χ1) is 12.8. The highest BCUT2D eigenvalue weighted by atomic mass is 32.2. The van der Waals surface area contributed by atoms with Crippen LogP contribution in [0.4, 0.5) is 0 Å². The van der Waals surface area contributed by atoms with Gasteiger partial charge < -0.3 is 10.5 Å². The largest absolute Gasteiger partial charge is 0.424 e. The number of carbonyl (C=O) groups excluding carboxylic acids is 1. The van der Waals surface area contributed by atoms with E-state index in [2.05, 4.69) is 0 Å². The Labute approximate surface area is 158 Å². The molecule has 0 amide bonds. The van der Waals surface area contributed by atoms with E-state index in [1.807, 2.05) is 13.0 Å². The van der Waals surface area contributed by atoms with Gasteiger partial charge in [-0.25, -0.2) is 17.2 Å². The van der Waals surface area contributed by atoms with Gasteiger partial charge in [0.05, 0.1) is 16.8 Å². The number of nitrogens with zero attached hydrogens (tertiary/aromatic N) is 1. The number of aryl methyl sites for hydroxylation is 1. The maximum Gasteiger partial charge on any atom is 0.328 e. The van der Waals surface area contributed by atoms with Crippen LogP contribution < -0.4 is 10.5 Å². The van der Waals surface area contributed by atoms with Crippen molar-refractivity contribution >= 4 is 16.0 Å². The van der Waals surface area contributed by atoms with E-state index >= 15 is 0 Å². The third-order valence-electron chi connectivity index (χ3n) is 4.00. The Morgan fingerprint density at radius 2 is 1.70 bits per heavy atom. The second kappa shape index (κ2) is 7.38. The van der Waals surface area contributed by atoms with Crippen molar-refractivity contribution in [2.24, 2.45) is 5.73 Å². The fourth-order valence-corrected chi connectivity index (χ4v) is 3.89. The first kappa shape index (κ1) is 18.9. The van der Waals surface area contributed by atoms with Gasteiger partial charge in [-0.3, -0.25) is 0 Å². The highest BCUT2D eigenvalue weighted by Crippen LogP contribution is 2.30. The highest BCUT2D eigenvalue weighted by molar-refractivity contribution is 7.90. The number of hydrogen-bond acceptors (Lipinski definition) is 5. The molecule has 0 spiro atoms. The molecule has 1 aromatic heterocycles. The van der Waals surface area contributed by atoms with Crippen molar-refractivity contribution in [1.29, 1.82) is 0 Å². The molecule has 0 aliphatic rings. The summed E-state index contributed by atoms with van der Waals surface area (Å²) >= 11 is 0. The fraction of sp³-hybridized carbons (Fsp3) is 0.150. The smallest absolute Gasteiger partial charge is 0.328 e. The lowest BCUT2D eigenvalue weighted by Crippen LogP contribution is -2.30. The van der Waals surface area contributed by atoms with Gasteiger partial charge in [-0.1, -0.05) is 48.0 Å². The van der Waals surface area contributed by atoms with E-state index in [4.69, 9.17) is 10.5 Å². The molecule has 0 bridgehead atoms. The number of ether oxygens (including phenoxy) is 1. The Morgan fingerprint density at radius 1 is 1.07 bits per heavy atom. The summed E-state index contributed by atoms with van der Waals surface area (Å²) in [6, 6.07) is 16.3. The van der Waals surface area contributed by atoms with Gasteiger partial charge in [0.1, 0.15) is 11.8 Å². The molecule has 0 saturated heterocycles. The summed E-state index contributed by atoms with van der Waals surface area (Å²) in [5.74, 6) is -0.522. The summed E-state index contributed by atoms with van der Waals surface area (Å²) in [6.45, 7) is 3.38. The topological polar surface area (TPSA) is 91.4 Å². The van der Waals surface area contributed by atoms with Crippen molar-refractivity contribution in [3.05, 3.63) is 72.4 Å². The van der Waals surface area contributed by atoms with Crippen LogP contribution >= 0.6 is 0 Å². The van der Waals surface area contributed by atoms with Crippen LogP contribution in [0.15, 0.2) is 71.8 Å². The van der Waals surface area contributed by atoms with Crippen molar-refractivity contribution in [2.75, 3.05) is 0 Å².